The number of aryl methyl sites for hydroxylation is 2. The lowest BCUT2D eigenvalue weighted by molar-refractivity contribution is 0.429. The average Bonchev–Trinajstić information content (AvgIpc) is 2.79. The molecular weight excluding hydrogens is 270 g/mol. The van der Waals surface area contributed by atoms with Crippen LogP contribution in [-0.2, 0) is 6.42 Å². The monoisotopic (exact) mass is 291 g/mol. The standard InChI is InChI=1S/C14H21N5S/c1-9-8-11(10(2)17-16-9)13-19-18-12(20-13)6-7-15-14(3,4)5/h8,15H,6-7H2,1-5H3. The molecule has 0 amide bonds. The van der Waals surface area contributed by atoms with Gasteiger partial charge in [-0.1, -0.05) is 11.3 Å². The molecule has 2 heterocycles. The number of hydrogen-bond donors (Lipinski definition) is 1. The molecule has 20 heavy (non-hydrogen) atoms. The molecule has 5 nitrogen and oxygen atoms in total. The van der Waals surface area contributed by atoms with Crippen molar-refractivity contribution in [3.8, 4) is 10.6 Å². The average molecular weight is 291 g/mol. The lowest BCUT2D eigenvalue weighted by Crippen LogP contribution is -2.37. The zero-order valence-electron chi connectivity index (χ0n) is 12.7. The van der Waals surface area contributed by atoms with Crippen LogP contribution in [-0.4, -0.2) is 32.5 Å². The van der Waals surface area contributed by atoms with Gasteiger partial charge in [-0.3, -0.25) is 0 Å². The van der Waals surface area contributed by atoms with Crippen molar-refractivity contribution < 1.29 is 0 Å². The third-order valence-corrected chi connectivity index (χ3v) is 3.81. The van der Waals surface area contributed by atoms with Gasteiger partial charge in [0.1, 0.15) is 10.0 Å². The molecule has 6 heteroatoms. The summed E-state index contributed by atoms with van der Waals surface area (Å²) in [5.41, 5.74) is 2.96. The van der Waals surface area contributed by atoms with Crippen LogP contribution in [0, 0.1) is 13.8 Å². The Kier molecular flexibility index (Phi) is 4.45. The zero-order valence-corrected chi connectivity index (χ0v) is 13.5. The quantitative estimate of drug-likeness (QED) is 0.938. The van der Waals surface area contributed by atoms with Crippen LogP contribution in [0.1, 0.15) is 37.2 Å². The second-order valence-corrected chi connectivity index (χ2v) is 6.97. The van der Waals surface area contributed by atoms with E-state index in [-0.39, 0.29) is 5.54 Å². The van der Waals surface area contributed by atoms with Gasteiger partial charge < -0.3 is 5.32 Å². The van der Waals surface area contributed by atoms with Crippen molar-refractivity contribution in [3.05, 3.63) is 22.5 Å². The second kappa shape index (κ2) is 5.93. The van der Waals surface area contributed by atoms with Gasteiger partial charge in [-0.2, -0.15) is 10.2 Å². The molecule has 0 radical (unpaired) electrons. The summed E-state index contributed by atoms with van der Waals surface area (Å²) in [5, 5.41) is 22.1. The normalized spacial score (nSPS) is 11.8. The molecule has 0 aromatic carbocycles. The second-order valence-electron chi connectivity index (χ2n) is 5.91. The molecule has 0 fully saturated rings. The highest BCUT2D eigenvalue weighted by atomic mass is 32.1. The predicted molar refractivity (Wildman–Crippen MR) is 81.9 cm³/mol. The van der Waals surface area contributed by atoms with Crippen molar-refractivity contribution in [2.24, 2.45) is 0 Å². The maximum absolute atomic E-state index is 4.28. The predicted octanol–water partition coefficient (Wildman–Crippen LogP) is 2.54. The molecule has 0 unspecified atom stereocenters. The third kappa shape index (κ3) is 4.05. The summed E-state index contributed by atoms with van der Waals surface area (Å²) in [6.45, 7) is 11.3. The van der Waals surface area contributed by atoms with Gasteiger partial charge in [-0.25, -0.2) is 0 Å². The molecule has 1 N–H and O–H groups in total. The van der Waals surface area contributed by atoms with Crippen LogP contribution in [0.5, 0.6) is 0 Å². The summed E-state index contributed by atoms with van der Waals surface area (Å²) in [4.78, 5) is 0. The minimum absolute atomic E-state index is 0.135. The Hall–Kier alpha value is -1.40. The molecule has 108 valence electrons. The molecule has 0 aliphatic rings. The fourth-order valence-corrected chi connectivity index (χ4v) is 2.68. The molecule has 0 saturated heterocycles. The fraction of sp³-hybridized carbons (Fsp3) is 0.571. The van der Waals surface area contributed by atoms with E-state index in [4.69, 9.17) is 0 Å². The number of nitrogens with one attached hydrogen (secondary N) is 1. The molecule has 0 bridgehead atoms. The van der Waals surface area contributed by atoms with Gasteiger partial charge in [0.05, 0.1) is 11.4 Å². The van der Waals surface area contributed by atoms with Gasteiger partial charge in [-0.15, -0.1) is 10.2 Å². The summed E-state index contributed by atoms with van der Waals surface area (Å²) < 4.78 is 0. The molecule has 0 spiro atoms. The van der Waals surface area contributed by atoms with Gasteiger partial charge in [-0.05, 0) is 40.7 Å². The molecular formula is C14H21N5S. The highest BCUT2D eigenvalue weighted by Crippen LogP contribution is 2.25. The first-order chi connectivity index (χ1) is 9.35. The van der Waals surface area contributed by atoms with E-state index in [1.165, 1.54) is 0 Å². The van der Waals surface area contributed by atoms with E-state index in [2.05, 4.69) is 46.5 Å². The first-order valence-corrected chi connectivity index (χ1v) is 7.55. The van der Waals surface area contributed by atoms with Crippen molar-refractivity contribution in [1.29, 1.82) is 0 Å². The number of nitrogens with zero attached hydrogens (tertiary/aromatic N) is 4. The van der Waals surface area contributed by atoms with Crippen molar-refractivity contribution in [2.45, 2.75) is 46.6 Å². The molecule has 0 saturated carbocycles. The molecule has 0 aliphatic heterocycles. The van der Waals surface area contributed by atoms with E-state index in [0.29, 0.717) is 0 Å². The van der Waals surface area contributed by atoms with Crippen LogP contribution < -0.4 is 5.32 Å². The third-order valence-electron chi connectivity index (χ3n) is 2.79. The van der Waals surface area contributed by atoms with Gasteiger partial charge >= 0.3 is 0 Å². The van der Waals surface area contributed by atoms with Crippen molar-refractivity contribution in [3.63, 3.8) is 0 Å². The zero-order chi connectivity index (χ0) is 14.8. The van der Waals surface area contributed by atoms with Gasteiger partial charge in [0.2, 0.25) is 0 Å². The molecule has 0 atom stereocenters. The van der Waals surface area contributed by atoms with E-state index < -0.39 is 0 Å². The largest absolute Gasteiger partial charge is 0.312 e. The van der Waals surface area contributed by atoms with Crippen molar-refractivity contribution in [2.75, 3.05) is 6.54 Å². The molecule has 2 aromatic heterocycles. The Bertz CT molecular complexity index is 585. The number of hydrogen-bond acceptors (Lipinski definition) is 6. The SMILES string of the molecule is Cc1cc(-c2nnc(CCNC(C)(C)C)s2)c(C)nn1. The van der Waals surface area contributed by atoms with Crippen LogP contribution in [0.4, 0.5) is 0 Å². The Morgan fingerprint density at radius 1 is 1.10 bits per heavy atom. The first kappa shape index (κ1) is 15.0. The smallest absolute Gasteiger partial charge is 0.149 e. The molecule has 2 rings (SSSR count). The molecule has 0 aliphatic carbocycles. The lowest BCUT2D eigenvalue weighted by Gasteiger charge is -2.19. The van der Waals surface area contributed by atoms with Crippen LogP contribution in [0.25, 0.3) is 10.6 Å². The summed E-state index contributed by atoms with van der Waals surface area (Å²) in [6.07, 6.45) is 0.894. The van der Waals surface area contributed by atoms with E-state index in [0.717, 1.165) is 39.9 Å². The van der Waals surface area contributed by atoms with Crippen LogP contribution in [0.2, 0.25) is 0 Å². The Labute approximate surface area is 123 Å². The van der Waals surface area contributed by atoms with Gasteiger partial charge in [0, 0.05) is 24.1 Å². The lowest BCUT2D eigenvalue weighted by atomic mass is 10.1. The molecule has 2 aromatic rings. The Morgan fingerprint density at radius 3 is 2.55 bits per heavy atom. The summed E-state index contributed by atoms with van der Waals surface area (Å²) in [5.74, 6) is 0. The van der Waals surface area contributed by atoms with Crippen molar-refractivity contribution >= 4 is 11.3 Å². The summed E-state index contributed by atoms with van der Waals surface area (Å²) in [7, 11) is 0. The van der Waals surface area contributed by atoms with Gasteiger partial charge in [0.25, 0.3) is 0 Å². The van der Waals surface area contributed by atoms with E-state index in [9.17, 15) is 0 Å². The number of aromatic nitrogens is 4. The van der Waals surface area contributed by atoms with E-state index in [1.54, 1.807) is 11.3 Å². The minimum Gasteiger partial charge on any atom is -0.312 e. The van der Waals surface area contributed by atoms with Crippen LogP contribution in [0.15, 0.2) is 6.07 Å². The summed E-state index contributed by atoms with van der Waals surface area (Å²) >= 11 is 1.63. The van der Waals surface area contributed by atoms with Gasteiger partial charge in [0.15, 0.2) is 0 Å². The number of rotatable bonds is 4. The maximum Gasteiger partial charge on any atom is 0.149 e. The Balaban J connectivity index is 2.07. The topological polar surface area (TPSA) is 63.6 Å². The summed E-state index contributed by atoms with van der Waals surface area (Å²) in [6, 6.07) is 2.01. The fourth-order valence-electron chi connectivity index (χ4n) is 1.77. The van der Waals surface area contributed by atoms with Crippen LogP contribution >= 0.6 is 11.3 Å². The Morgan fingerprint density at radius 2 is 1.85 bits per heavy atom. The van der Waals surface area contributed by atoms with E-state index >= 15 is 0 Å². The van der Waals surface area contributed by atoms with E-state index in [1.807, 2.05) is 19.9 Å². The highest BCUT2D eigenvalue weighted by Gasteiger charge is 2.12. The first-order valence-electron chi connectivity index (χ1n) is 6.74. The minimum atomic E-state index is 0.135. The maximum atomic E-state index is 4.28. The van der Waals surface area contributed by atoms with Crippen LogP contribution in [0.3, 0.4) is 0 Å². The van der Waals surface area contributed by atoms with Crippen molar-refractivity contribution in [1.82, 2.24) is 25.7 Å². The highest BCUT2D eigenvalue weighted by molar-refractivity contribution is 7.14.